The molecule has 1 aliphatic carbocycles. The van der Waals surface area contributed by atoms with Crippen LogP contribution >= 0.6 is 0 Å². The molecule has 0 fully saturated rings. The van der Waals surface area contributed by atoms with E-state index in [0.29, 0.717) is 29.8 Å². The van der Waals surface area contributed by atoms with Crippen molar-refractivity contribution in [3.63, 3.8) is 0 Å². The highest BCUT2D eigenvalue weighted by atomic mass is 16.5. The number of phenols is 2. The third kappa shape index (κ3) is 4.93. The van der Waals surface area contributed by atoms with Gasteiger partial charge in [-0.05, 0) is 61.9 Å². The molecule has 0 bridgehead atoms. The lowest BCUT2D eigenvalue weighted by Gasteiger charge is -2.31. The van der Waals surface area contributed by atoms with Crippen LogP contribution in [-0.2, 0) is 6.42 Å². The molecule has 0 saturated heterocycles. The monoisotopic (exact) mass is 415 g/mol. The van der Waals surface area contributed by atoms with Crippen molar-refractivity contribution in [2.24, 2.45) is 0 Å². The predicted molar refractivity (Wildman–Crippen MR) is 117 cm³/mol. The topological polar surface area (TPSA) is 71.4 Å². The van der Waals surface area contributed by atoms with Crippen LogP contribution in [0.2, 0.25) is 0 Å². The minimum atomic E-state index is -0.0287. The largest absolute Gasteiger partial charge is 0.504 e. The molecule has 1 atom stereocenters. The van der Waals surface area contributed by atoms with Crippen LogP contribution in [0.15, 0.2) is 30.3 Å². The molecule has 3 rings (SSSR count). The summed E-state index contributed by atoms with van der Waals surface area (Å²) in [6.45, 7) is 5.36. The van der Waals surface area contributed by atoms with Gasteiger partial charge < -0.3 is 24.4 Å². The molecule has 30 heavy (non-hydrogen) atoms. The number of hydrogen-bond acceptors (Lipinski definition) is 6. The summed E-state index contributed by atoms with van der Waals surface area (Å²) in [6.07, 6.45) is 3.97. The van der Waals surface area contributed by atoms with E-state index in [1.54, 1.807) is 20.3 Å². The Kier molecular flexibility index (Phi) is 7.69. The quantitative estimate of drug-likeness (QED) is 0.563. The number of benzene rings is 2. The average Bonchev–Trinajstić information content (AvgIpc) is 2.76. The maximum atomic E-state index is 10.3. The highest BCUT2D eigenvalue weighted by Gasteiger charge is 2.25. The molecule has 0 aromatic heterocycles. The Morgan fingerprint density at radius 3 is 2.43 bits per heavy atom. The van der Waals surface area contributed by atoms with E-state index in [2.05, 4.69) is 11.8 Å². The van der Waals surface area contributed by atoms with Crippen LogP contribution in [0.25, 0.3) is 0 Å². The van der Waals surface area contributed by atoms with Crippen molar-refractivity contribution in [3.8, 4) is 28.7 Å². The molecule has 0 radical (unpaired) electrons. The Labute approximate surface area is 179 Å². The maximum absolute atomic E-state index is 10.3. The lowest BCUT2D eigenvalue weighted by Crippen LogP contribution is -2.34. The molecule has 1 aliphatic rings. The third-order valence-corrected chi connectivity index (χ3v) is 5.77. The number of nitrogens with zero attached hydrogens (tertiary/aromatic N) is 1. The molecule has 164 valence electrons. The Balaban J connectivity index is 1.67. The zero-order chi connectivity index (χ0) is 21.5. The lowest BCUT2D eigenvalue weighted by atomic mass is 9.82. The van der Waals surface area contributed by atoms with Gasteiger partial charge in [0.25, 0.3) is 0 Å². The van der Waals surface area contributed by atoms with Crippen molar-refractivity contribution in [1.29, 1.82) is 0 Å². The number of methoxy groups -OCH3 is 2. The number of rotatable bonds is 10. The molecule has 0 spiro atoms. The van der Waals surface area contributed by atoms with Crippen molar-refractivity contribution in [1.82, 2.24) is 4.90 Å². The summed E-state index contributed by atoms with van der Waals surface area (Å²) in [4.78, 5) is 2.41. The maximum Gasteiger partial charge on any atom is 0.203 e. The number of para-hydroxylation sites is 1. The first-order chi connectivity index (χ1) is 14.6. The first-order valence-corrected chi connectivity index (χ1v) is 10.7. The number of aromatic hydroxyl groups is 2. The summed E-state index contributed by atoms with van der Waals surface area (Å²) >= 11 is 0. The van der Waals surface area contributed by atoms with Gasteiger partial charge in [0.05, 0.1) is 14.2 Å². The van der Waals surface area contributed by atoms with Crippen LogP contribution in [-0.4, -0.2) is 55.6 Å². The summed E-state index contributed by atoms with van der Waals surface area (Å²) in [5.74, 6) is 2.31. The first kappa shape index (κ1) is 22.1. The van der Waals surface area contributed by atoms with E-state index >= 15 is 0 Å². The zero-order valence-corrected chi connectivity index (χ0v) is 18.2. The second-order valence-electron chi connectivity index (χ2n) is 7.73. The summed E-state index contributed by atoms with van der Waals surface area (Å²) in [7, 11) is 3.25. The molecular weight excluding hydrogens is 382 g/mol. The molecule has 2 aromatic rings. The molecule has 1 unspecified atom stereocenters. The number of hydrogen-bond donors (Lipinski definition) is 2. The van der Waals surface area contributed by atoms with Gasteiger partial charge in [-0.1, -0.05) is 19.1 Å². The van der Waals surface area contributed by atoms with Gasteiger partial charge in [-0.3, -0.25) is 4.90 Å². The summed E-state index contributed by atoms with van der Waals surface area (Å²) in [5.41, 5.74) is 2.06. The van der Waals surface area contributed by atoms with Gasteiger partial charge in [0.1, 0.15) is 6.61 Å². The van der Waals surface area contributed by atoms with Gasteiger partial charge in [0, 0.05) is 18.7 Å². The Bertz CT molecular complexity index is 816. The molecule has 0 heterocycles. The Morgan fingerprint density at radius 2 is 1.77 bits per heavy atom. The van der Waals surface area contributed by atoms with E-state index in [1.807, 2.05) is 24.3 Å². The highest BCUT2D eigenvalue weighted by molar-refractivity contribution is 5.52. The van der Waals surface area contributed by atoms with E-state index in [4.69, 9.17) is 14.2 Å². The van der Waals surface area contributed by atoms with Gasteiger partial charge in [-0.25, -0.2) is 0 Å². The molecule has 2 aromatic carbocycles. The molecule has 6 heteroatoms. The minimum Gasteiger partial charge on any atom is -0.504 e. The number of ether oxygens (including phenoxy) is 3. The zero-order valence-electron chi connectivity index (χ0n) is 18.2. The van der Waals surface area contributed by atoms with Crippen LogP contribution < -0.4 is 14.2 Å². The van der Waals surface area contributed by atoms with Crippen LogP contribution in [0.1, 0.15) is 43.2 Å². The molecule has 0 aliphatic heterocycles. The molecule has 6 nitrogen and oxygen atoms in total. The fourth-order valence-corrected chi connectivity index (χ4v) is 4.31. The fraction of sp³-hybridized carbons (Fsp3) is 0.500. The van der Waals surface area contributed by atoms with Crippen LogP contribution in [0, 0.1) is 0 Å². The van der Waals surface area contributed by atoms with Crippen LogP contribution in [0.5, 0.6) is 28.7 Å². The Morgan fingerprint density at radius 1 is 1.03 bits per heavy atom. The van der Waals surface area contributed by atoms with E-state index in [-0.39, 0.29) is 11.5 Å². The first-order valence-electron chi connectivity index (χ1n) is 10.7. The summed E-state index contributed by atoms with van der Waals surface area (Å²) in [5, 5.41) is 20.1. The second kappa shape index (κ2) is 10.4. The van der Waals surface area contributed by atoms with Crippen molar-refractivity contribution in [3.05, 3.63) is 41.5 Å². The average molecular weight is 416 g/mol. The second-order valence-corrected chi connectivity index (χ2v) is 7.73. The molecule has 2 N–H and O–H groups in total. The van der Waals surface area contributed by atoms with Crippen LogP contribution in [0.4, 0.5) is 0 Å². The molecular formula is C24H33NO5. The summed E-state index contributed by atoms with van der Waals surface area (Å²) < 4.78 is 16.9. The number of fused-ring (bicyclic) bond motifs is 1. The van der Waals surface area contributed by atoms with Gasteiger partial charge >= 0.3 is 0 Å². The lowest BCUT2D eigenvalue weighted by molar-refractivity contribution is 0.188. The van der Waals surface area contributed by atoms with E-state index in [9.17, 15) is 10.2 Å². The molecule has 0 saturated carbocycles. The van der Waals surface area contributed by atoms with Crippen molar-refractivity contribution < 1.29 is 24.4 Å². The van der Waals surface area contributed by atoms with E-state index in [0.717, 1.165) is 56.4 Å². The van der Waals surface area contributed by atoms with Gasteiger partial charge in [-0.15, -0.1) is 0 Å². The van der Waals surface area contributed by atoms with E-state index < -0.39 is 0 Å². The van der Waals surface area contributed by atoms with Gasteiger partial charge in [0.15, 0.2) is 23.0 Å². The standard InChI is InChI=1S/C24H33NO5/c1-4-13-25(14-15-30-24-21(28-2)9-6-10-22(24)29-3)16-17-7-5-8-19-18(17)11-12-20(26)23(19)27/h6,9-12,17,26-27H,4-5,7-8,13-16H2,1-3H3. The normalized spacial score (nSPS) is 15.7. The Hall–Kier alpha value is -2.60. The van der Waals surface area contributed by atoms with E-state index in [1.165, 1.54) is 0 Å². The van der Waals surface area contributed by atoms with Crippen LogP contribution in [0.3, 0.4) is 0 Å². The third-order valence-electron chi connectivity index (χ3n) is 5.77. The number of phenolic OH excluding ortho intramolecular Hbond substituents is 2. The summed E-state index contributed by atoms with van der Waals surface area (Å²) in [6, 6.07) is 9.18. The van der Waals surface area contributed by atoms with Gasteiger partial charge in [-0.2, -0.15) is 0 Å². The highest BCUT2D eigenvalue weighted by Crippen LogP contribution is 2.41. The predicted octanol–water partition coefficient (Wildman–Crippen LogP) is 4.33. The van der Waals surface area contributed by atoms with Gasteiger partial charge in [0.2, 0.25) is 5.75 Å². The smallest absolute Gasteiger partial charge is 0.203 e. The SMILES string of the molecule is CCCN(CCOc1c(OC)cccc1OC)CC1CCCc2c1ccc(O)c2O. The van der Waals surface area contributed by atoms with Crippen molar-refractivity contribution in [2.75, 3.05) is 40.5 Å². The minimum absolute atomic E-state index is 0.0287. The van der Waals surface area contributed by atoms with Crippen molar-refractivity contribution >= 4 is 0 Å². The fourth-order valence-electron chi connectivity index (χ4n) is 4.31. The van der Waals surface area contributed by atoms with Crippen molar-refractivity contribution in [2.45, 2.75) is 38.5 Å². The molecule has 0 amide bonds.